The van der Waals surface area contributed by atoms with E-state index in [2.05, 4.69) is 37.6 Å². The molecule has 0 radical (unpaired) electrons. The molecule has 0 amide bonds. The van der Waals surface area contributed by atoms with E-state index in [9.17, 15) is 9.90 Å². The molecule has 3 aromatic rings. The van der Waals surface area contributed by atoms with E-state index in [0.717, 1.165) is 60.0 Å². The molecule has 5 rings (SSSR count). The summed E-state index contributed by atoms with van der Waals surface area (Å²) in [5.41, 5.74) is 4.22. The van der Waals surface area contributed by atoms with Crippen molar-refractivity contribution < 1.29 is 9.90 Å². The van der Waals surface area contributed by atoms with Crippen LogP contribution in [0.1, 0.15) is 58.6 Å². The fourth-order valence-electron chi connectivity index (χ4n) is 4.60. The Bertz CT molecular complexity index is 1240. The lowest BCUT2D eigenvalue weighted by atomic mass is 9.97. The molecule has 0 fully saturated rings. The number of rotatable bonds is 9. The largest absolute Gasteiger partial charge is 0.477 e. The van der Waals surface area contributed by atoms with E-state index < -0.39 is 5.97 Å². The molecule has 9 nitrogen and oxygen atoms in total. The van der Waals surface area contributed by atoms with Crippen molar-refractivity contribution in [2.75, 3.05) is 28.6 Å². The molecular weight excluding hydrogens is 462 g/mol. The van der Waals surface area contributed by atoms with Crippen LogP contribution < -0.4 is 15.5 Å². The predicted molar refractivity (Wildman–Crippen MR) is 138 cm³/mol. The zero-order valence-electron chi connectivity index (χ0n) is 19.8. The van der Waals surface area contributed by atoms with Crippen molar-refractivity contribution in [3.63, 3.8) is 0 Å². The Morgan fingerprint density at radius 2 is 2.14 bits per heavy atom. The SMILES string of the molecule is Cc1nc(Nc2nc(NCCC3=CCCCC3)c3c(n2)N(Cc2cccnc2)CC3)sc1C(=O)O. The van der Waals surface area contributed by atoms with Gasteiger partial charge in [-0.3, -0.25) is 10.3 Å². The minimum Gasteiger partial charge on any atom is -0.477 e. The second-order valence-corrected chi connectivity index (χ2v) is 9.88. The Morgan fingerprint density at radius 3 is 2.89 bits per heavy atom. The first-order chi connectivity index (χ1) is 17.1. The quantitative estimate of drug-likeness (QED) is 0.358. The Balaban J connectivity index is 1.40. The Kier molecular flexibility index (Phi) is 6.89. The number of carboxylic acid groups (broad SMARTS) is 1. The number of carboxylic acids is 1. The van der Waals surface area contributed by atoms with Crippen LogP contribution in [0.2, 0.25) is 0 Å². The van der Waals surface area contributed by atoms with E-state index >= 15 is 0 Å². The average Bonchev–Trinajstić information content (AvgIpc) is 3.43. The van der Waals surface area contributed by atoms with Crippen molar-refractivity contribution in [2.45, 2.75) is 52.0 Å². The van der Waals surface area contributed by atoms with Crippen LogP contribution in [0.15, 0.2) is 36.2 Å². The Hall–Kier alpha value is -3.53. The number of nitrogens with one attached hydrogen (secondary N) is 2. The van der Waals surface area contributed by atoms with E-state index in [-0.39, 0.29) is 4.88 Å². The molecule has 0 saturated heterocycles. The molecule has 4 heterocycles. The smallest absolute Gasteiger partial charge is 0.347 e. The van der Waals surface area contributed by atoms with Crippen LogP contribution in [0.4, 0.5) is 22.7 Å². The lowest BCUT2D eigenvalue weighted by Gasteiger charge is -2.20. The number of nitrogens with zero attached hydrogens (tertiary/aromatic N) is 5. The van der Waals surface area contributed by atoms with E-state index in [4.69, 9.17) is 9.97 Å². The zero-order chi connectivity index (χ0) is 24.2. The van der Waals surface area contributed by atoms with Crippen molar-refractivity contribution >= 4 is 40.0 Å². The lowest BCUT2D eigenvalue weighted by molar-refractivity contribution is 0.0701. The molecule has 1 aliphatic heterocycles. The molecule has 0 spiro atoms. The fourth-order valence-corrected chi connectivity index (χ4v) is 5.40. The summed E-state index contributed by atoms with van der Waals surface area (Å²) in [5.74, 6) is 1.14. The van der Waals surface area contributed by atoms with Gasteiger partial charge in [0.05, 0.1) is 5.69 Å². The molecule has 2 aliphatic rings. The van der Waals surface area contributed by atoms with Gasteiger partial charge in [-0.05, 0) is 57.1 Å². The summed E-state index contributed by atoms with van der Waals surface area (Å²) in [4.78, 5) is 32.1. The van der Waals surface area contributed by atoms with Crippen LogP contribution in [0.3, 0.4) is 0 Å². The predicted octanol–water partition coefficient (Wildman–Crippen LogP) is 4.94. The number of anilines is 4. The average molecular weight is 492 g/mol. The summed E-state index contributed by atoms with van der Waals surface area (Å²) in [7, 11) is 0. The summed E-state index contributed by atoms with van der Waals surface area (Å²) < 4.78 is 0. The molecule has 1 aliphatic carbocycles. The van der Waals surface area contributed by atoms with Crippen LogP contribution in [-0.4, -0.2) is 44.1 Å². The minimum absolute atomic E-state index is 0.214. The first kappa shape index (κ1) is 23.2. The third kappa shape index (κ3) is 5.43. The highest BCUT2D eigenvalue weighted by Gasteiger charge is 2.26. The van der Waals surface area contributed by atoms with Gasteiger partial charge < -0.3 is 15.3 Å². The summed E-state index contributed by atoms with van der Waals surface area (Å²) in [6.07, 6.45) is 12.8. The van der Waals surface area contributed by atoms with Crippen LogP contribution in [-0.2, 0) is 13.0 Å². The van der Waals surface area contributed by atoms with Gasteiger partial charge in [0.1, 0.15) is 16.5 Å². The monoisotopic (exact) mass is 491 g/mol. The van der Waals surface area contributed by atoms with Gasteiger partial charge in [0.15, 0.2) is 5.13 Å². The van der Waals surface area contributed by atoms with Gasteiger partial charge in [-0.1, -0.05) is 29.1 Å². The second kappa shape index (κ2) is 10.4. The number of pyridine rings is 1. The van der Waals surface area contributed by atoms with Gasteiger partial charge >= 0.3 is 5.97 Å². The molecular formula is C25H29N7O2S. The van der Waals surface area contributed by atoms with Crippen molar-refractivity contribution in [2.24, 2.45) is 0 Å². The molecule has 182 valence electrons. The molecule has 35 heavy (non-hydrogen) atoms. The topological polar surface area (TPSA) is 116 Å². The van der Waals surface area contributed by atoms with Crippen molar-refractivity contribution in [1.29, 1.82) is 0 Å². The van der Waals surface area contributed by atoms with Crippen LogP contribution in [0.5, 0.6) is 0 Å². The Morgan fingerprint density at radius 1 is 1.23 bits per heavy atom. The van der Waals surface area contributed by atoms with Gasteiger partial charge in [-0.2, -0.15) is 9.97 Å². The maximum absolute atomic E-state index is 11.4. The Labute approximate surface area is 208 Å². The molecule has 0 atom stereocenters. The third-order valence-electron chi connectivity index (χ3n) is 6.35. The van der Waals surface area contributed by atoms with Crippen molar-refractivity contribution in [1.82, 2.24) is 19.9 Å². The first-order valence-electron chi connectivity index (χ1n) is 12.0. The number of hydrogen-bond acceptors (Lipinski definition) is 9. The van der Waals surface area contributed by atoms with Crippen molar-refractivity contribution in [3.8, 4) is 0 Å². The maximum atomic E-state index is 11.4. The summed E-state index contributed by atoms with van der Waals surface area (Å²) in [6.45, 7) is 4.07. The number of thiazole rings is 1. The highest BCUT2D eigenvalue weighted by atomic mass is 32.1. The minimum atomic E-state index is -0.982. The van der Waals surface area contributed by atoms with E-state index in [1.165, 1.54) is 31.3 Å². The van der Waals surface area contributed by atoms with Crippen LogP contribution in [0.25, 0.3) is 0 Å². The number of aromatic nitrogens is 4. The third-order valence-corrected chi connectivity index (χ3v) is 7.41. The van der Waals surface area contributed by atoms with E-state index in [1.54, 1.807) is 13.1 Å². The van der Waals surface area contributed by atoms with Crippen LogP contribution >= 0.6 is 11.3 Å². The number of fused-ring (bicyclic) bond motifs is 1. The molecule has 3 aromatic heterocycles. The number of aryl methyl sites for hydroxylation is 1. The molecule has 3 N–H and O–H groups in total. The second-order valence-electron chi connectivity index (χ2n) is 8.88. The van der Waals surface area contributed by atoms with Gasteiger partial charge in [-0.25, -0.2) is 9.78 Å². The van der Waals surface area contributed by atoms with Crippen molar-refractivity contribution in [3.05, 3.63) is 57.9 Å². The standard InChI is InChI=1S/C25H29N7O2S/c1-16-20(23(33)34)35-25(28-16)31-24-29-21(27-12-9-17-6-3-2-4-7-17)19-10-13-32(22(19)30-24)15-18-8-5-11-26-14-18/h5-6,8,11,14H,2-4,7,9-10,12-13,15H2,1H3,(H,33,34)(H2,27,28,29,30,31). The number of aromatic carboxylic acids is 1. The zero-order valence-corrected chi connectivity index (χ0v) is 20.6. The molecule has 10 heteroatoms. The number of carbonyl (C=O) groups is 1. The fraction of sp³-hybridized carbons (Fsp3) is 0.400. The summed E-state index contributed by atoms with van der Waals surface area (Å²) >= 11 is 1.09. The lowest BCUT2D eigenvalue weighted by Crippen LogP contribution is -2.21. The summed E-state index contributed by atoms with van der Waals surface area (Å²) in [5, 5.41) is 16.5. The number of hydrogen-bond donors (Lipinski definition) is 3. The molecule has 0 unspecified atom stereocenters. The number of allylic oxidation sites excluding steroid dienone is 1. The van der Waals surface area contributed by atoms with Gasteiger partial charge in [0.25, 0.3) is 0 Å². The summed E-state index contributed by atoms with van der Waals surface area (Å²) in [6, 6.07) is 4.01. The molecule has 0 aromatic carbocycles. The maximum Gasteiger partial charge on any atom is 0.347 e. The highest BCUT2D eigenvalue weighted by Crippen LogP contribution is 2.35. The van der Waals surface area contributed by atoms with Gasteiger partial charge in [-0.15, -0.1) is 0 Å². The van der Waals surface area contributed by atoms with E-state index in [1.807, 2.05) is 12.3 Å². The van der Waals surface area contributed by atoms with Gasteiger partial charge in [0, 0.05) is 37.6 Å². The normalized spacial score (nSPS) is 15.0. The van der Waals surface area contributed by atoms with Gasteiger partial charge in [0.2, 0.25) is 5.95 Å². The first-order valence-corrected chi connectivity index (χ1v) is 12.8. The van der Waals surface area contributed by atoms with Crippen LogP contribution in [0, 0.1) is 6.92 Å². The van der Waals surface area contributed by atoms with E-state index in [0.29, 0.717) is 23.3 Å². The molecule has 0 bridgehead atoms. The highest BCUT2D eigenvalue weighted by molar-refractivity contribution is 7.17. The molecule has 0 saturated carbocycles.